The Morgan fingerprint density at radius 1 is 0.586 bits per heavy atom. The third kappa shape index (κ3) is 4.52. The van der Waals surface area contributed by atoms with Crippen molar-refractivity contribution in [2.45, 2.75) is 13.8 Å². The number of aromatic nitrogens is 5. The molecule has 0 fully saturated rings. The fourth-order valence-corrected chi connectivity index (χ4v) is 3.10. The molecule has 5 rings (SSSR count). The second-order valence-corrected chi connectivity index (χ2v) is 6.83. The molecule has 0 spiro atoms. The van der Waals surface area contributed by atoms with Gasteiger partial charge in [-0.2, -0.15) is 15.4 Å². The average molecular weight is 379 g/mol. The van der Waals surface area contributed by atoms with E-state index in [9.17, 15) is 0 Å². The van der Waals surface area contributed by atoms with Crippen LogP contribution in [0.15, 0.2) is 85.2 Å². The highest BCUT2D eigenvalue weighted by Crippen LogP contribution is 2.25. The third-order valence-electron chi connectivity index (χ3n) is 4.47. The summed E-state index contributed by atoms with van der Waals surface area (Å²) < 4.78 is 0. The van der Waals surface area contributed by atoms with Crippen LogP contribution >= 0.6 is 0 Å². The number of nitrogens with zero attached hydrogens (tertiary/aromatic N) is 4. The minimum atomic E-state index is 0.922. The Labute approximate surface area is 169 Å². The van der Waals surface area contributed by atoms with E-state index >= 15 is 0 Å². The molecule has 0 aliphatic heterocycles. The molecule has 0 saturated carbocycles. The van der Waals surface area contributed by atoms with E-state index in [0.717, 1.165) is 33.5 Å². The Kier molecular flexibility index (Phi) is 5.38. The van der Waals surface area contributed by atoms with E-state index in [4.69, 9.17) is 0 Å². The zero-order valence-corrected chi connectivity index (χ0v) is 16.4. The summed E-state index contributed by atoms with van der Waals surface area (Å²) in [5.74, 6) is 0. The van der Waals surface area contributed by atoms with E-state index in [1.807, 2.05) is 73.9 Å². The van der Waals surface area contributed by atoms with Gasteiger partial charge in [-0.3, -0.25) is 9.97 Å². The smallest absolute Gasteiger partial charge is 0.113 e. The van der Waals surface area contributed by atoms with Crippen LogP contribution in [0.1, 0.15) is 11.1 Å². The molecule has 0 aliphatic carbocycles. The van der Waals surface area contributed by atoms with Crippen LogP contribution in [-0.4, -0.2) is 25.4 Å². The molecule has 0 aliphatic rings. The third-order valence-corrected chi connectivity index (χ3v) is 4.47. The lowest BCUT2D eigenvalue weighted by molar-refractivity contribution is 0.959. The van der Waals surface area contributed by atoms with Crippen molar-refractivity contribution in [2.75, 3.05) is 0 Å². The zero-order valence-electron chi connectivity index (χ0n) is 16.4. The normalized spacial score (nSPS) is 10.4. The maximum absolute atomic E-state index is 4.40. The van der Waals surface area contributed by atoms with E-state index in [0.29, 0.717) is 0 Å². The van der Waals surface area contributed by atoms with Gasteiger partial charge in [0.1, 0.15) is 11.0 Å². The molecule has 1 N–H and O–H groups in total. The highest BCUT2D eigenvalue weighted by atomic mass is 15.3. The second-order valence-electron chi connectivity index (χ2n) is 6.83. The standard InChI is InChI=1S/C17H14N2.C7H7N3/c1-13-10-14(16-6-2-4-8-18-16)12-15(11-13)17-7-3-5-9-19-17;1-5-2-3-6-7(4-5)9-10-8-6/h2-12H,1H3;2-4H,1H3,(H,8,9,10). The molecular weight excluding hydrogens is 358 g/mol. The predicted octanol–water partition coefficient (Wildman–Crippen LogP) is 5.39. The number of H-pyrrole nitrogens is 1. The predicted molar refractivity (Wildman–Crippen MR) is 116 cm³/mol. The summed E-state index contributed by atoms with van der Waals surface area (Å²) in [6.07, 6.45) is 3.64. The Morgan fingerprint density at radius 3 is 1.79 bits per heavy atom. The highest BCUT2D eigenvalue weighted by molar-refractivity contribution is 5.74. The summed E-state index contributed by atoms with van der Waals surface area (Å²) in [7, 11) is 0. The molecule has 0 unspecified atom stereocenters. The Bertz CT molecular complexity index is 1160. The Balaban J connectivity index is 0.000000171. The molecule has 0 bridgehead atoms. The first kappa shape index (κ1) is 18.5. The quantitative estimate of drug-likeness (QED) is 0.447. The molecule has 3 heterocycles. The molecule has 3 aromatic heterocycles. The number of aryl methyl sites for hydroxylation is 2. The average Bonchev–Trinajstić information content (AvgIpc) is 3.23. The van der Waals surface area contributed by atoms with Gasteiger partial charge in [0.2, 0.25) is 0 Å². The molecule has 5 nitrogen and oxygen atoms in total. The van der Waals surface area contributed by atoms with Crippen LogP contribution < -0.4 is 0 Å². The lowest BCUT2D eigenvalue weighted by Crippen LogP contribution is -1.87. The van der Waals surface area contributed by atoms with Gasteiger partial charge >= 0.3 is 0 Å². The lowest BCUT2D eigenvalue weighted by Gasteiger charge is -2.07. The van der Waals surface area contributed by atoms with Gasteiger partial charge in [-0.15, -0.1) is 0 Å². The molecule has 2 aromatic carbocycles. The molecule has 0 saturated heterocycles. The largest absolute Gasteiger partial charge is 0.256 e. The van der Waals surface area contributed by atoms with Gasteiger partial charge in [0.25, 0.3) is 0 Å². The van der Waals surface area contributed by atoms with Crippen LogP contribution in [0.5, 0.6) is 0 Å². The summed E-state index contributed by atoms with van der Waals surface area (Å²) in [5.41, 5.74) is 8.50. The molecule has 5 heteroatoms. The van der Waals surface area contributed by atoms with Gasteiger partial charge in [-0.25, -0.2) is 0 Å². The fourth-order valence-electron chi connectivity index (χ4n) is 3.10. The van der Waals surface area contributed by atoms with Crippen LogP contribution in [-0.2, 0) is 0 Å². The minimum absolute atomic E-state index is 0.922. The monoisotopic (exact) mass is 379 g/mol. The summed E-state index contributed by atoms with van der Waals surface area (Å²) in [4.78, 5) is 8.81. The first-order chi connectivity index (χ1) is 14.2. The summed E-state index contributed by atoms with van der Waals surface area (Å²) in [6.45, 7) is 4.13. The van der Waals surface area contributed by atoms with Crippen LogP contribution in [0, 0.1) is 13.8 Å². The number of benzene rings is 2. The molecule has 0 radical (unpaired) electrons. The van der Waals surface area contributed by atoms with Gasteiger partial charge in [-0.05, 0) is 79.6 Å². The van der Waals surface area contributed by atoms with Crippen LogP contribution in [0.3, 0.4) is 0 Å². The van der Waals surface area contributed by atoms with Crippen molar-refractivity contribution in [3.05, 3.63) is 96.3 Å². The number of rotatable bonds is 2. The maximum Gasteiger partial charge on any atom is 0.113 e. The van der Waals surface area contributed by atoms with Crippen molar-refractivity contribution in [1.29, 1.82) is 0 Å². The van der Waals surface area contributed by atoms with E-state index in [-0.39, 0.29) is 0 Å². The maximum atomic E-state index is 4.40. The first-order valence-corrected chi connectivity index (χ1v) is 9.41. The lowest BCUT2D eigenvalue weighted by atomic mass is 10.0. The van der Waals surface area contributed by atoms with Gasteiger partial charge in [-0.1, -0.05) is 18.2 Å². The summed E-state index contributed by atoms with van der Waals surface area (Å²) in [5, 5.41) is 10.4. The van der Waals surface area contributed by atoms with E-state index in [2.05, 4.69) is 50.5 Å². The van der Waals surface area contributed by atoms with Crippen molar-refractivity contribution in [1.82, 2.24) is 25.4 Å². The van der Waals surface area contributed by atoms with Crippen LogP contribution in [0.25, 0.3) is 33.5 Å². The van der Waals surface area contributed by atoms with Crippen molar-refractivity contribution < 1.29 is 0 Å². The van der Waals surface area contributed by atoms with Crippen molar-refractivity contribution >= 4 is 11.0 Å². The van der Waals surface area contributed by atoms with Gasteiger partial charge in [0.15, 0.2) is 0 Å². The number of aromatic amines is 1. The van der Waals surface area contributed by atoms with E-state index < -0.39 is 0 Å². The topological polar surface area (TPSA) is 67.3 Å². The minimum Gasteiger partial charge on any atom is -0.256 e. The molecular formula is C24H21N5. The van der Waals surface area contributed by atoms with Gasteiger partial charge in [0.05, 0.1) is 11.4 Å². The van der Waals surface area contributed by atoms with E-state index in [1.54, 1.807) is 0 Å². The molecule has 5 aromatic rings. The van der Waals surface area contributed by atoms with Gasteiger partial charge < -0.3 is 0 Å². The van der Waals surface area contributed by atoms with Crippen LogP contribution in [0.2, 0.25) is 0 Å². The molecule has 29 heavy (non-hydrogen) atoms. The summed E-state index contributed by atoms with van der Waals surface area (Å²) >= 11 is 0. The Morgan fingerprint density at radius 2 is 1.21 bits per heavy atom. The van der Waals surface area contributed by atoms with Crippen molar-refractivity contribution in [3.63, 3.8) is 0 Å². The molecule has 0 amide bonds. The zero-order chi connectivity index (χ0) is 20.1. The fraction of sp³-hybridized carbons (Fsp3) is 0.0833. The molecule has 142 valence electrons. The molecule has 0 atom stereocenters. The number of fused-ring (bicyclic) bond motifs is 1. The Hall–Kier alpha value is -3.86. The number of pyridine rings is 2. The van der Waals surface area contributed by atoms with Crippen LogP contribution in [0.4, 0.5) is 0 Å². The summed E-state index contributed by atoms with van der Waals surface area (Å²) in [6, 6.07) is 24.3. The van der Waals surface area contributed by atoms with Gasteiger partial charge in [0, 0.05) is 23.5 Å². The highest BCUT2D eigenvalue weighted by Gasteiger charge is 2.04. The second kappa shape index (κ2) is 8.44. The van der Waals surface area contributed by atoms with Crippen molar-refractivity contribution in [2.24, 2.45) is 0 Å². The van der Waals surface area contributed by atoms with Crippen molar-refractivity contribution in [3.8, 4) is 22.5 Å². The number of hydrogen-bond acceptors (Lipinski definition) is 4. The SMILES string of the molecule is Cc1cc(-c2ccccn2)cc(-c2ccccn2)c1.Cc1ccc2n[nH]nc2c1. The van der Waals surface area contributed by atoms with E-state index in [1.165, 1.54) is 11.1 Å². The first-order valence-electron chi connectivity index (χ1n) is 9.41. The number of hydrogen-bond donors (Lipinski definition) is 1. The number of nitrogens with one attached hydrogen (secondary N) is 1.